The number of aliphatic hydroxyl groups excluding tert-OH is 1. The lowest BCUT2D eigenvalue weighted by Crippen LogP contribution is -2.15. The van der Waals surface area contributed by atoms with E-state index >= 15 is 0 Å². The van der Waals surface area contributed by atoms with E-state index in [0.717, 1.165) is 11.1 Å². The molecule has 0 spiro atoms. The molecule has 0 bridgehead atoms. The van der Waals surface area contributed by atoms with Crippen LogP contribution >= 0.6 is 0 Å². The fourth-order valence-electron chi connectivity index (χ4n) is 2.25. The average Bonchev–Trinajstić information content (AvgIpc) is 2.42. The fraction of sp³-hybridized carbons (Fsp3) is 0.250. The minimum absolute atomic E-state index is 0.182. The highest BCUT2D eigenvalue weighted by Gasteiger charge is 2.19. The van der Waals surface area contributed by atoms with Gasteiger partial charge in [0.1, 0.15) is 0 Å². The number of nitrogens with one attached hydrogen (secondary N) is 1. The lowest BCUT2D eigenvalue weighted by atomic mass is 10.1. The van der Waals surface area contributed by atoms with Gasteiger partial charge in [-0.25, -0.2) is 8.42 Å². The molecule has 2 rings (SSSR count). The highest BCUT2D eigenvalue weighted by atomic mass is 32.2. The second kappa shape index (κ2) is 5.87. The van der Waals surface area contributed by atoms with E-state index in [0.29, 0.717) is 16.8 Å². The second-order valence-electron chi connectivity index (χ2n) is 5.12. The second-order valence-corrected chi connectivity index (χ2v) is 6.77. The predicted octanol–water partition coefficient (Wildman–Crippen LogP) is 2.90. The number of hydrogen-bond acceptors (Lipinski definition) is 3. The molecule has 0 aliphatic carbocycles. The number of aryl methyl sites for hydroxylation is 2. The molecular formula is C16H19NO3S. The molecule has 0 heterocycles. The standard InChI is InChI=1S/C16H19NO3S/c1-11-7-8-15(12(2)9-11)17-21(19,20)16-6-4-5-14(10-18)13(16)3/h4-9,17-18H,10H2,1-3H3. The number of sulfonamides is 1. The summed E-state index contributed by atoms with van der Waals surface area (Å²) < 4.78 is 27.7. The van der Waals surface area contributed by atoms with Gasteiger partial charge < -0.3 is 5.11 Å². The molecule has 5 heteroatoms. The molecule has 0 atom stereocenters. The lowest BCUT2D eigenvalue weighted by Gasteiger charge is -2.14. The minimum Gasteiger partial charge on any atom is -0.392 e. The van der Waals surface area contributed by atoms with Crippen LogP contribution in [0.4, 0.5) is 5.69 Å². The van der Waals surface area contributed by atoms with Gasteiger partial charge in [-0.05, 0) is 49.6 Å². The fourth-order valence-corrected chi connectivity index (χ4v) is 3.67. The Balaban J connectivity index is 2.43. The highest BCUT2D eigenvalue weighted by Crippen LogP contribution is 2.24. The van der Waals surface area contributed by atoms with Crippen LogP contribution in [0, 0.1) is 20.8 Å². The van der Waals surface area contributed by atoms with Gasteiger partial charge in [-0.1, -0.05) is 29.8 Å². The van der Waals surface area contributed by atoms with Crippen molar-refractivity contribution in [3.05, 3.63) is 58.7 Å². The van der Waals surface area contributed by atoms with Crippen molar-refractivity contribution < 1.29 is 13.5 Å². The number of rotatable bonds is 4. The molecule has 2 aromatic rings. The van der Waals surface area contributed by atoms with Crippen molar-refractivity contribution in [2.24, 2.45) is 0 Å². The lowest BCUT2D eigenvalue weighted by molar-refractivity contribution is 0.280. The molecule has 0 aliphatic rings. The Labute approximate surface area is 125 Å². The monoisotopic (exact) mass is 305 g/mol. The summed E-state index contributed by atoms with van der Waals surface area (Å²) in [6, 6.07) is 10.4. The molecule has 2 aromatic carbocycles. The van der Waals surface area contributed by atoms with Crippen LogP contribution in [0.15, 0.2) is 41.3 Å². The first kappa shape index (κ1) is 15.5. The van der Waals surface area contributed by atoms with E-state index in [2.05, 4.69) is 4.72 Å². The third-order valence-corrected chi connectivity index (χ3v) is 4.99. The van der Waals surface area contributed by atoms with E-state index < -0.39 is 10.0 Å². The molecule has 0 radical (unpaired) electrons. The molecule has 21 heavy (non-hydrogen) atoms. The van der Waals surface area contributed by atoms with Gasteiger partial charge in [0.2, 0.25) is 0 Å². The Morgan fingerprint density at radius 3 is 2.43 bits per heavy atom. The maximum absolute atomic E-state index is 12.5. The molecule has 0 amide bonds. The van der Waals surface area contributed by atoms with Gasteiger partial charge >= 0.3 is 0 Å². The third-order valence-electron chi connectivity index (χ3n) is 3.48. The summed E-state index contributed by atoms with van der Waals surface area (Å²) in [5.74, 6) is 0. The first-order valence-electron chi connectivity index (χ1n) is 6.64. The normalized spacial score (nSPS) is 11.4. The first-order chi connectivity index (χ1) is 9.85. The van der Waals surface area contributed by atoms with Crippen LogP contribution in [-0.2, 0) is 16.6 Å². The van der Waals surface area contributed by atoms with Crippen LogP contribution < -0.4 is 4.72 Å². The largest absolute Gasteiger partial charge is 0.392 e. The van der Waals surface area contributed by atoms with Crippen molar-refractivity contribution >= 4 is 15.7 Å². The van der Waals surface area contributed by atoms with Crippen LogP contribution in [0.25, 0.3) is 0 Å². The number of aliphatic hydroxyl groups is 1. The smallest absolute Gasteiger partial charge is 0.262 e. The van der Waals surface area contributed by atoms with Crippen molar-refractivity contribution in [3.63, 3.8) is 0 Å². The van der Waals surface area contributed by atoms with Gasteiger partial charge in [0.25, 0.3) is 10.0 Å². The Morgan fingerprint density at radius 1 is 1.10 bits per heavy atom. The van der Waals surface area contributed by atoms with E-state index in [-0.39, 0.29) is 11.5 Å². The zero-order valence-electron chi connectivity index (χ0n) is 12.3. The first-order valence-corrected chi connectivity index (χ1v) is 8.13. The van der Waals surface area contributed by atoms with E-state index in [1.165, 1.54) is 0 Å². The molecular weight excluding hydrogens is 286 g/mol. The molecule has 2 N–H and O–H groups in total. The van der Waals surface area contributed by atoms with E-state index in [4.69, 9.17) is 0 Å². The Bertz CT molecular complexity index is 767. The molecule has 0 aliphatic heterocycles. The maximum atomic E-state index is 12.5. The van der Waals surface area contributed by atoms with Crippen LogP contribution in [0.1, 0.15) is 22.3 Å². The zero-order chi connectivity index (χ0) is 15.6. The molecule has 4 nitrogen and oxygen atoms in total. The van der Waals surface area contributed by atoms with Gasteiger partial charge in [0.15, 0.2) is 0 Å². The molecule has 0 aromatic heterocycles. The SMILES string of the molecule is Cc1ccc(NS(=O)(=O)c2cccc(CO)c2C)c(C)c1. The summed E-state index contributed by atoms with van der Waals surface area (Å²) in [5, 5.41) is 9.26. The van der Waals surface area contributed by atoms with E-state index in [1.54, 1.807) is 31.2 Å². The van der Waals surface area contributed by atoms with E-state index in [1.807, 2.05) is 26.0 Å². The predicted molar refractivity (Wildman–Crippen MR) is 83.8 cm³/mol. The molecule has 0 saturated heterocycles. The van der Waals surface area contributed by atoms with Crippen LogP contribution in [0.5, 0.6) is 0 Å². The van der Waals surface area contributed by atoms with Gasteiger partial charge in [0.05, 0.1) is 17.2 Å². The summed E-state index contributed by atoms with van der Waals surface area (Å²) >= 11 is 0. The van der Waals surface area contributed by atoms with Crippen molar-refractivity contribution in [3.8, 4) is 0 Å². The molecule has 0 unspecified atom stereocenters. The van der Waals surface area contributed by atoms with Gasteiger partial charge in [-0.2, -0.15) is 0 Å². The van der Waals surface area contributed by atoms with Gasteiger partial charge in [-0.3, -0.25) is 4.72 Å². The van der Waals surface area contributed by atoms with Crippen LogP contribution in [-0.4, -0.2) is 13.5 Å². The van der Waals surface area contributed by atoms with Gasteiger partial charge in [0, 0.05) is 0 Å². The highest BCUT2D eigenvalue weighted by molar-refractivity contribution is 7.92. The molecule has 0 saturated carbocycles. The summed E-state index contributed by atoms with van der Waals surface area (Å²) in [6.07, 6.45) is 0. The minimum atomic E-state index is -3.67. The zero-order valence-corrected chi connectivity index (χ0v) is 13.2. The summed E-state index contributed by atoms with van der Waals surface area (Å²) in [7, 11) is -3.67. The summed E-state index contributed by atoms with van der Waals surface area (Å²) in [6.45, 7) is 5.34. The summed E-state index contributed by atoms with van der Waals surface area (Å²) in [4.78, 5) is 0.189. The number of anilines is 1. The van der Waals surface area contributed by atoms with Crippen LogP contribution in [0.2, 0.25) is 0 Å². The van der Waals surface area contributed by atoms with Gasteiger partial charge in [-0.15, -0.1) is 0 Å². The topological polar surface area (TPSA) is 66.4 Å². The maximum Gasteiger partial charge on any atom is 0.262 e. The Morgan fingerprint density at radius 2 is 1.81 bits per heavy atom. The van der Waals surface area contributed by atoms with Crippen molar-refractivity contribution in [1.29, 1.82) is 0 Å². The van der Waals surface area contributed by atoms with Crippen molar-refractivity contribution in [2.45, 2.75) is 32.3 Å². The Kier molecular flexibility index (Phi) is 4.34. The summed E-state index contributed by atoms with van der Waals surface area (Å²) in [5.41, 5.74) is 3.69. The van der Waals surface area contributed by atoms with Crippen molar-refractivity contribution in [1.82, 2.24) is 0 Å². The number of benzene rings is 2. The van der Waals surface area contributed by atoms with Crippen LogP contribution in [0.3, 0.4) is 0 Å². The quantitative estimate of drug-likeness (QED) is 0.912. The number of hydrogen-bond donors (Lipinski definition) is 2. The molecule has 112 valence electrons. The third kappa shape index (κ3) is 3.25. The average molecular weight is 305 g/mol. The van der Waals surface area contributed by atoms with E-state index in [9.17, 15) is 13.5 Å². The van der Waals surface area contributed by atoms with Crippen molar-refractivity contribution in [2.75, 3.05) is 4.72 Å². The molecule has 0 fully saturated rings. The Hall–Kier alpha value is -1.85.